The molecule has 0 radical (unpaired) electrons. The van der Waals surface area contributed by atoms with Crippen molar-refractivity contribution < 1.29 is 9.53 Å². The number of ether oxygens (including phenoxy) is 1. The Morgan fingerprint density at radius 1 is 1.21 bits per heavy atom. The average molecular weight is 274 g/mol. The van der Waals surface area contributed by atoms with Gasteiger partial charge in [-0.05, 0) is 49.6 Å². The minimum Gasteiger partial charge on any atom is -0.497 e. The number of methoxy groups -OCH3 is 1. The second-order valence-electron chi connectivity index (χ2n) is 4.64. The molecule has 0 N–H and O–H groups in total. The fourth-order valence-electron chi connectivity index (χ4n) is 2.08. The van der Waals surface area contributed by atoms with Crippen LogP contribution in [0.1, 0.15) is 32.1 Å². The Balaban J connectivity index is 1.98. The lowest BCUT2D eigenvalue weighted by Gasteiger charge is -2.03. The molecule has 0 atom stereocenters. The van der Waals surface area contributed by atoms with Crippen LogP contribution in [0.3, 0.4) is 0 Å². The third-order valence-corrected chi connectivity index (χ3v) is 4.29. The average Bonchev–Trinajstić information content (AvgIpc) is 2.75. The topological polar surface area (TPSA) is 26.3 Å². The van der Waals surface area contributed by atoms with Crippen molar-refractivity contribution in [1.29, 1.82) is 0 Å². The number of carbonyl (C=O) groups is 1. The molecule has 2 rings (SSSR count). The highest BCUT2D eigenvalue weighted by molar-refractivity contribution is 7.14. The summed E-state index contributed by atoms with van der Waals surface area (Å²) in [5.74, 6) is 1.09. The van der Waals surface area contributed by atoms with E-state index in [2.05, 4.69) is 6.07 Å². The molecule has 1 aromatic heterocycles. The minimum atomic E-state index is 0.242. The molecule has 0 aliphatic rings. The Hall–Kier alpha value is -1.61. The molecule has 0 saturated heterocycles. The third-order valence-electron chi connectivity index (χ3n) is 3.09. The molecule has 0 amide bonds. The molecule has 2 aromatic rings. The summed E-state index contributed by atoms with van der Waals surface area (Å²) in [6.45, 7) is 4.04. The van der Waals surface area contributed by atoms with E-state index in [1.165, 1.54) is 10.4 Å². The van der Waals surface area contributed by atoms with Crippen molar-refractivity contribution in [3.63, 3.8) is 0 Å². The number of aryl methyl sites for hydroxylation is 3. The van der Waals surface area contributed by atoms with E-state index in [1.807, 2.05) is 38.1 Å². The maximum atomic E-state index is 12.2. The van der Waals surface area contributed by atoms with Crippen molar-refractivity contribution in [3.05, 3.63) is 51.2 Å². The summed E-state index contributed by atoms with van der Waals surface area (Å²) in [5.41, 5.74) is 2.27. The fourth-order valence-corrected chi connectivity index (χ4v) is 3.08. The van der Waals surface area contributed by atoms with E-state index in [-0.39, 0.29) is 5.78 Å². The Morgan fingerprint density at radius 2 is 1.89 bits per heavy atom. The lowest BCUT2D eigenvalue weighted by Crippen LogP contribution is -2.00. The standard InChI is InChI=1S/C16H18O2S/c1-11-10-12(2)19-16(11)15(17)9-6-13-4-7-14(18-3)8-5-13/h4-5,7-8,10H,6,9H2,1-3H3. The summed E-state index contributed by atoms with van der Waals surface area (Å²) >= 11 is 1.59. The van der Waals surface area contributed by atoms with Crippen molar-refractivity contribution >= 4 is 17.1 Å². The van der Waals surface area contributed by atoms with Crippen LogP contribution in [-0.2, 0) is 6.42 Å². The monoisotopic (exact) mass is 274 g/mol. The van der Waals surface area contributed by atoms with E-state index < -0.39 is 0 Å². The van der Waals surface area contributed by atoms with E-state index in [4.69, 9.17) is 4.74 Å². The van der Waals surface area contributed by atoms with Gasteiger partial charge in [0.2, 0.25) is 0 Å². The molecule has 0 fully saturated rings. The van der Waals surface area contributed by atoms with Crippen molar-refractivity contribution in [2.45, 2.75) is 26.7 Å². The summed E-state index contributed by atoms with van der Waals surface area (Å²) in [5, 5.41) is 0. The van der Waals surface area contributed by atoms with Crippen LogP contribution in [0.15, 0.2) is 30.3 Å². The van der Waals surface area contributed by atoms with E-state index in [1.54, 1.807) is 18.4 Å². The summed E-state index contributed by atoms with van der Waals surface area (Å²) in [4.78, 5) is 14.3. The molecule has 3 heteroatoms. The van der Waals surface area contributed by atoms with Gasteiger partial charge in [-0.25, -0.2) is 0 Å². The van der Waals surface area contributed by atoms with E-state index in [9.17, 15) is 4.79 Å². The smallest absolute Gasteiger partial charge is 0.173 e. The van der Waals surface area contributed by atoms with Gasteiger partial charge in [0.1, 0.15) is 5.75 Å². The zero-order valence-corrected chi connectivity index (χ0v) is 12.3. The summed E-state index contributed by atoms with van der Waals surface area (Å²) in [6, 6.07) is 9.96. The number of Topliss-reactive ketones (excluding diaryl/α,β-unsaturated/α-hetero) is 1. The lowest BCUT2D eigenvalue weighted by molar-refractivity contribution is 0.0986. The van der Waals surface area contributed by atoms with E-state index >= 15 is 0 Å². The van der Waals surface area contributed by atoms with E-state index in [0.29, 0.717) is 6.42 Å². The number of ketones is 1. The first-order valence-electron chi connectivity index (χ1n) is 6.33. The number of thiophene rings is 1. The van der Waals surface area contributed by atoms with Gasteiger partial charge in [-0.3, -0.25) is 4.79 Å². The van der Waals surface area contributed by atoms with E-state index in [0.717, 1.165) is 22.6 Å². The molecule has 1 aromatic carbocycles. The number of carbonyl (C=O) groups excluding carboxylic acids is 1. The minimum absolute atomic E-state index is 0.242. The predicted octanol–water partition coefficient (Wildman–Crippen LogP) is 4.19. The molecule has 100 valence electrons. The van der Waals surface area contributed by atoms with Gasteiger partial charge in [0, 0.05) is 11.3 Å². The Kier molecular flexibility index (Phi) is 4.38. The molecular formula is C16H18O2S. The Morgan fingerprint density at radius 3 is 2.42 bits per heavy atom. The molecule has 1 heterocycles. The maximum Gasteiger partial charge on any atom is 0.173 e. The molecule has 0 bridgehead atoms. The maximum absolute atomic E-state index is 12.2. The second-order valence-corrected chi connectivity index (χ2v) is 5.90. The molecule has 0 saturated carbocycles. The first-order valence-corrected chi connectivity index (χ1v) is 7.15. The van der Waals surface area contributed by atoms with Crippen LogP contribution in [-0.4, -0.2) is 12.9 Å². The molecule has 0 unspecified atom stereocenters. The van der Waals surface area contributed by atoms with Gasteiger partial charge < -0.3 is 4.74 Å². The van der Waals surface area contributed by atoms with Gasteiger partial charge in [-0.1, -0.05) is 12.1 Å². The molecule has 0 aliphatic carbocycles. The highest BCUT2D eigenvalue weighted by atomic mass is 32.1. The van der Waals surface area contributed by atoms with Crippen molar-refractivity contribution in [2.24, 2.45) is 0 Å². The quantitative estimate of drug-likeness (QED) is 0.764. The van der Waals surface area contributed by atoms with Crippen LogP contribution in [0.25, 0.3) is 0 Å². The van der Waals surface area contributed by atoms with Crippen molar-refractivity contribution in [3.8, 4) is 5.75 Å². The highest BCUT2D eigenvalue weighted by Crippen LogP contribution is 2.23. The highest BCUT2D eigenvalue weighted by Gasteiger charge is 2.12. The van der Waals surface area contributed by atoms with Crippen LogP contribution in [0.2, 0.25) is 0 Å². The van der Waals surface area contributed by atoms with Gasteiger partial charge in [0.25, 0.3) is 0 Å². The number of benzene rings is 1. The number of hydrogen-bond acceptors (Lipinski definition) is 3. The van der Waals surface area contributed by atoms with Gasteiger partial charge >= 0.3 is 0 Å². The lowest BCUT2D eigenvalue weighted by atomic mass is 10.1. The summed E-state index contributed by atoms with van der Waals surface area (Å²) in [6.07, 6.45) is 1.34. The zero-order chi connectivity index (χ0) is 13.8. The zero-order valence-electron chi connectivity index (χ0n) is 11.5. The first kappa shape index (κ1) is 13.8. The molecule has 0 spiro atoms. The SMILES string of the molecule is COc1ccc(CCC(=O)c2sc(C)cc2C)cc1. The largest absolute Gasteiger partial charge is 0.497 e. The normalized spacial score (nSPS) is 10.5. The van der Waals surface area contributed by atoms with Gasteiger partial charge in [-0.2, -0.15) is 0 Å². The molecular weight excluding hydrogens is 256 g/mol. The van der Waals surface area contributed by atoms with Crippen LogP contribution >= 0.6 is 11.3 Å². The van der Waals surface area contributed by atoms with Gasteiger partial charge in [0.05, 0.1) is 12.0 Å². The molecule has 2 nitrogen and oxygen atoms in total. The summed E-state index contributed by atoms with van der Waals surface area (Å²) in [7, 11) is 1.65. The summed E-state index contributed by atoms with van der Waals surface area (Å²) < 4.78 is 5.12. The number of hydrogen-bond donors (Lipinski definition) is 0. The molecule has 19 heavy (non-hydrogen) atoms. The Bertz CT molecular complexity index is 567. The van der Waals surface area contributed by atoms with Gasteiger partial charge in [-0.15, -0.1) is 11.3 Å². The van der Waals surface area contributed by atoms with Gasteiger partial charge in [0.15, 0.2) is 5.78 Å². The Labute approximate surface area is 118 Å². The van der Waals surface area contributed by atoms with Crippen molar-refractivity contribution in [1.82, 2.24) is 0 Å². The third kappa shape index (κ3) is 3.44. The second kappa shape index (κ2) is 6.02. The van der Waals surface area contributed by atoms with Crippen LogP contribution in [0.4, 0.5) is 0 Å². The van der Waals surface area contributed by atoms with Crippen molar-refractivity contribution in [2.75, 3.05) is 7.11 Å². The predicted molar refractivity (Wildman–Crippen MR) is 79.4 cm³/mol. The fraction of sp³-hybridized carbons (Fsp3) is 0.312. The van der Waals surface area contributed by atoms with Crippen LogP contribution in [0.5, 0.6) is 5.75 Å². The number of rotatable bonds is 5. The first-order chi connectivity index (χ1) is 9.10. The molecule has 0 aliphatic heterocycles. The van der Waals surface area contributed by atoms with Crippen LogP contribution < -0.4 is 4.74 Å². The van der Waals surface area contributed by atoms with Crippen LogP contribution in [0, 0.1) is 13.8 Å².